The van der Waals surface area contributed by atoms with Crippen LogP contribution in [-0.4, -0.2) is 25.9 Å². The Bertz CT molecular complexity index is 1430. The molecule has 3 heterocycles. The molecule has 0 aliphatic rings. The van der Waals surface area contributed by atoms with Crippen molar-refractivity contribution in [1.82, 2.24) is 19.7 Å². The minimum absolute atomic E-state index is 0.113. The highest BCUT2D eigenvalue weighted by Gasteiger charge is 2.30. The Balaban J connectivity index is 1.81. The van der Waals surface area contributed by atoms with E-state index in [0.29, 0.717) is 22.2 Å². The second-order valence-corrected chi connectivity index (χ2v) is 6.81. The van der Waals surface area contributed by atoms with Crippen LogP contribution < -0.4 is 5.56 Å². The average molecular weight is 410 g/mol. The zero-order chi connectivity index (χ0) is 20.9. The van der Waals surface area contributed by atoms with Gasteiger partial charge >= 0.3 is 6.18 Å². The van der Waals surface area contributed by atoms with E-state index in [1.54, 1.807) is 24.4 Å². The van der Waals surface area contributed by atoms with Gasteiger partial charge in [-0.2, -0.15) is 18.3 Å². The third-order valence-corrected chi connectivity index (χ3v) is 4.95. The van der Waals surface area contributed by atoms with Crippen LogP contribution in [0.1, 0.15) is 0 Å². The summed E-state index contributed by atoms with van der Waals surface area (Å²) in [5, 5.41) is 7.15. The lowest BCUT2D eigenvalue weighted by atomic mass is 9.97. The van der Waals surface area contributed by atoms with Gasteiger partial charge in [-0.3, -0.25) is 14.5 Å². The van der Waals surface area contributed by atoms with Gasteiger partial charge in [0.1, 0.15) is 6.54 Å². The van der Waals surface area contributed by atoms with Gasteiger partial charge in [0, 0.05) is 10.9 Å². The number of pyridine rings is 1. The molecule has 0 spiro atoms. The summed E-state index contributed by atoms with van der Waals surface area (Å²) in [6, 6.07) is 12.4. The van der Waals surface area contributed by atoms with Crippen LogP contribution in [0.15, 0.2) is 70.5 Å². The lowest BCUT2D eigenvalue weighted by Gasteiger charge is -2.15. The molecule has 0 radical (unpaired) electrons. The molecule has 150 valence electrons. The first kappa shape index (κ1) is 18.2. The van der Waals surface area contributed by atoms with E-state index < -0.39 is 18.3 Å². The van der Waals surface area contributed by atoms with E-state index in [9.17, 15) is 18.0 Å². The van der Waals surface area contributed by atoms with Crippen molar-refractivity contribution in [3.05, 3.63) is 71.6 Å². The summed E-state index contributed by atoms with van der Waals surface area (Å²) in [7, 11) is 0. The first-order valence-electron chi connectivity index (χ1n) is 8.97. The maximum atomic E-state index is 13.2. The van der Waals surface area contributed by atoms with Crippen LogP contribution in [0.4, 0.5) is 13.2 Å². The highest BCUT2D eigenvalue weighted by Crippen LogP contribution is 2.34. The minimum Gasteiger partial charge on any atom is -0.443 e. The number of alkyl halides is 3. The van der Waals surface area contributed by atoms with Crippen molar-refractivity contribution in [2.24, 2.45) is 0 Å². The largest absolute Gasteiger partial charge is 0.443 e. The molecule has 0 fully saturated rings. The van der Waals surface area contributed by atoms with E-state index >= 15 is 0 Å². The maximum absolute atomic E-state index is 13.2. The molecule has 0 atom stereocenters. The lowest BCUT2D eigenvalue weighted by molar-refractivity contribution is -0.140. The van der Waals surface area contributed by atoms with Gasteiger partial charge in [0.15, 0.2) is 12.2 Å². The van der Waals surface area contributed by atoms with Gasteiger partial charge in [0.05, 0.1) is 28.8 Å². The zero-order valence-corrected chi connectivity index (χ0v) is 15.3. The number of nitrogens with one attached hydrogen (secondary N) is 1. The number of hydrogen-bond donors (Lipinski definition) is 1. The Morgan fingerprint density at radius 2 is 1.83 bits per heavy atom. The van der Waals surface area contributed by atoms with Crippen molar-refractivity contribution in [3.63, 3.8) is 0 Å². The molecule has 0 unspecified atom stereocenters. The Morgan fingerprint density at radius 3 is 2.57 bits per heavy atom. The monoisotopic (exact) mass is 410 g/mol. The first-order chi connectivity index (χ1) is 14.4. The predicted molar refractivity (Wildman–Crippen MR) is 105 cm³/mol. The molecule has 30 heavy (non-hydrogen) atoms. The molecule has 3 aromatic heterocycles. The number of fused-ring (bicyclic) bond motifs is 3. The molecule has 5 rings (SSSR count). The zero-order valence-electron chi connectivity index (χ0n) is 15.3. The van der Waals surface area contributed by atoms with Gasteiger partial charge < -0.3 is 4.42 Å². The molecule has 2 aromatic carbocycles. The van der Waals surface area contributed by atoms with Crippen LogP contribution in [0.2, 0.25) is 0 Å². The molecule has 0 aliphatic carbocycles. The SMILES string of the molecule is O=c1c2cn[nH]c2c2ccc(-c3ccccc3-c3cnco3)cc2n1CC(F)(F)F. The summed E-state index contributed by atoms with van der Waals surface area (Å²) < 4.78 is 45.9. The van der Waals surface area contributed by atoms with Crippen LogP contribution in [0.25, 0.3) is 44.3 Å². The van der Waals surface area contributed by atoms with Crippen LogP contribution in [0.3, 0.4) is 0 Å². The average Bonchev–Trinajstić information content (AvgIpc) is 3.42. The van der Waals surface area contributed by atoms with E-state index in [1.165, 1.54) is 12.6 Å². The number of hydrogen-bond acceptors (Lipinski definition) is 4. The van der Waals surface area contributed by atoms with Crippen molar-refractivity contribution < 1.29 is 17.6 Å². The number of halogens is 3. The summed E-state index contributed by atoms with van der Waals surface area (Å²) in [5.41, 5.74) is 1.95. The Hall–Kier alpha value is -3.88. The number of rotatable bonds is 3. The molecule has 0 saturated carbocycles. The quantitative estimate of drug-likeness (QED) is 0.465. The van der Waals surface area contributed by atoms with Crippen molar-refractivity contribution in [2.45, 2.75) is 12.7 Å². The molecule has 0 amide bonds. The molecule has 1 N–H and O–H groups in total. The normalized spacial score (nSPS) is 12.1. The summed E-state index contributed by atoms with van der Waals surface area (Å²) >= 11 is 0. The fourth-order valence-electron chi connectivity index (χ4n) is 3.68. The first-order valence-corrected chi connectivity index (χ1v) is 8.97. The molecule has 9 heteroatoms. The van der Waals surface area contributed by atoms with Crippen molar-refractivity contribution >= 4 is 21.8 Å². The lowest BCUT2D eigenvalue weighted by Crippen LogP contribution is -2.28. The second-order valence-electron chi connectivity index (χ2n) is 6.81. The number of H-pyrrole nitrogens is 1. The van der Waals surface area contributed by atoms with Crippen molar-refractivity contribution in [1.29, 1.82) is 0 Å². The van der Waals surface area contributed by atoms with Crippen LogP contribution in [0.5, 0.6) is 0 Å². The smallest absolute Gasteiger partial charge is 0.406 e. The second kappa shape index (κ2) is 6.58. The van der Waals surface area contributed by atoms with Crippen LogP contribution >= 0.6 is 0 Å². The topological polar surface area (TPSA) is 76.7 Å². The number of benzene rings is 2. The van der Waals surface area contributed by atoms with Gasteiger partial charge in [0.25, 0.3) is 5.56 Å². The molecular formula is C21H13F3N4O2. The van der Waals surface area contributed by atoms with Gasteiger partial charge in [0.2, 0.25) is 0 Å². The predicted octanol–water partition coefficient (Wildman–Crippen LogP) is 4.76. The van der Waals surface area contributed by atoms with Gasteiger partial charge in [-0.15, -0.1) is 0 Å². The molecule has 5 aromatic rings. The molecule has 0 saturated heterocycles. The van der Waals surface area contributed by atoms with Crippen LogP contribution in [-0.2, 0) is 6.54 Å². The van der Waals surface area contributed by atoms with Gasteiger partial charge in [-0.05, 0) is 17.2 Å². The Labute approximate surface area is 166 Å². The third kappa shape index (κ3) is 2.95. The number of aromatic nitrogens is 4. The molecule has 6 nitrogen and oxygen atoms in total. The summed E-state index contributed by atoms with van der Waals surface area (Å²) in [6.45, 7) is -1.39. The summed E-state index contributed by atoms with van der Waals surface area (Å²) in [4.78, 5) is 16.7. The third-order valence-electron chi connectivity index (χ3n) is 4.95. The molecule has 0 aliphatic heterocycles. The van der Waals surface area contributed by atoms with E-state index in [2.05, 4.69) is 15.2 Å². The minimum atomic E-state index is -4.55. The maximum Gasteiger partial charge on any atom is 0.406 e. The van der Waals surface area contributed by atoms with E-state index in [4.69, 9.17) is 4.42 Å². The van der Waals surface area contributed by atoms with E-state index in [0.717, 1.165) is 15.7 Å². The number of nitrogens with zero attached hydrogens (tertiary/aromatic N) is 3. The number of oxazole rings is 1. The number of aromatic amines is 1. The Morgan fingerprint density at radius 1 is 1.03 bits per heavy atom. The van der Waals surface area contributed by atoms with Crippen molar-refractivity contribution in [2.75, 3.05) is 0 Å². The highest BCUT2D eigenvalue weighted by molar-refractivity contribution is 6.04. The van der Waals surface area contributed by atoms with Gasteiger partial charge in [-0.1, -0.05) is 36.4 Å². The standard InChI is InChI=1S/C21H13F3N4O2/c22-21(23,24)10-28-17-7-12(5-6-15(17)19-16(20(28)29)8-26-27-19)13-3-1-2-4-14(13)18-9-25-11-30-18/h1-9,11H,10H2,(H,26,27). The van der Waals surface area contributed by atoms with E-state index in [1.807, 2.05) is 24.3 Å². The van der Waals surface area contributed by atoms with Crippen molar-refractivity contribution in [3.8, 4) is 22.5 Å². The molecular weight excluding hydrogens is 397 g/mol. The van der Waals surface area contributed by atoms with E-state index in [-0.39, 0.29) is 10.9 Å². The summed E-state index contributed by atoms with van der Waals surface area (Å²) in [6.07, 6.45) is -0.435. The Kier molecular flexibility index (Phi) is 3.99. The van der Waals surface area contributed by atoms with Gasteiger partial charge in [-0.25, -0.2) is 4.98 Å². The highest BCUT2D eigenvalue weighted by atomic mass is 19.4. The summed E-state index contributed by atoms with van der Waals surface area (Å²) in [5.74, 6) is 0.530. The fraction of sp³-hybridized carbons (Fsp3) is 0.0952. The fourth-order valence-corrected chi connectivity index (χ4v) is 3.68. The molecule has 0 bridgehead atoms. The van der Waals surface area contributed by atoms with Crippen LogP contribution in [0, 0.1) is 0 Å².